The number of rotatable bonds is 5. The number of nitrogens with one attached hydrogen (secondary N) is 3. The molecule has 2 aromatic heterocycles. The van der Waals surface area contributed by atoms with E-state index in [0.29, 0.717) is 29.9 Å². The lowest BCUT2D eigenvalue weighted by Gasteiger charge is -2.32. The van der Waals surface area contributed by atoms with Crippen molar-refractivity contribution in [2.24, 2.45) is 5.41 Å². The Bertz CT molecular complexity index is 1520. The molecular formula is C22H30N5O6PS. The molecule has 3 heterocycles. The fourth-order valence-electron chi connectivity index (χ4n) is 3.89. The SMILES string of the molecule is COP1(=O)N/C(=c2\c(=O)c3cccn3n(CCC(C)(C)C)c2=O)Nc2ccc(NS(C)(O)O)cc21. The molecule has 0 saturated carbocycles. The standard InChI is InChI=1S/C22H30N5O6PS/c1-22(2,3)10-12-27-21(29)18(19(28)16-7-6-11-26(16)27)20-23-15-9-8-14(25-35(5,31)32)13-17(15)34(30,24-20)33-4/h6-9,11,13,23,25,31-32H,10,12H2,1-5H3,(H,24,30)/b20-18+. The Morgan fingerprint density at radius 3 is 2.54 bits per heavy atom. The van der Waals surface area contributed by atoms with Crippen molar-refractivity contribution in [3.8, 4) is 0 Å². The van der Waals surface area contributed by atoms with Gasteiger partial charge in [0.25, 0.3) is 5.56 Å². The van der Waals surface area contributed by atoms with E-state index in [4.69, 9.17) is 4.52 Å². The maximum atomic E-state index is 13.7. The van der Waals surface area contributed by atoms with Crippen LogP contribution in [0.4, 0.5) is 11.4 Å². The van der Waals surface area contributed by atoms with E-state index in [9.17, 15) is 23.3 Å². The second kappa shape index (κ2) is 8.72. The lowest BCUT2D eigenvalue weighted by molar-refractivity contribution is 0.331. The van der Waals surface area contributed by atoms with E-state index in [-0.39, 0.29) is 21.8 Å². The average Bonchev–Trinajstić information content (AvgIpc) is 3.22. The molecule has 13 heteroatoms. The first-order chi connectivity index (χ1) is 16.2. The van der Waals surface area contributed by atoms with E-state index < -0.39 is 29.3 Å². The molecule has 1 aromatic carbocycles. The van der Waals surface area contributed by atoms with Crippen molar-refractivity contribution in [2.45, 2.75) is 33.7 Å². The summed E-state index contributed by atoms with van der Waals surface area (Å²) in [6.07, 6.45) is 3.58. The minimum Gasteiger partial charge on any atom is -0.340 e. The highest BCUT2D eigenvalue weighted by Crippen LogP contribution is 2.47. The van der Waals surface area contributed by atoms with Gasteiger partial charge in [-0.15, -0.1) is 10.8 Å². The molecule has 1 aliphatic heterocycles. The summed E-state index contributed by atoms with van der Waals surface area (Å²) in [5.41, 5.74) is -0.0818. The fourth-order valence-corrected chi connectivity index (χ4v) is 6.09. The Hall–Kier alpha value is -2.76. The summed E-state index contributed by atoms with van der Waals surface area (Å²) in [6.45, 7) is 6.59. The lowest BCUT2D eigenvalue weighted by Crippen LogP contribution is -2.52. The van der Waals surface area contributed by atoms with Crippen LogP contribution in [0, 0.1) is 5.41 Å². The van der Waals surface area contributed by atoms with E-state index in [2.05, 4.69) is 35.9 Å². The summed E-state index contributed by atoms with van der Waals surface area (Å²) in [7, 11) is -5.59. The first-order valence-corrected chi connectivity index (χ1v) is 14.5. The van der Waals surface area contributed by atoms with Gasteiger partial charge in [-0.1, -0.05) is 20.8 Å². The molecule has 0 saturated heterocycles. The van der Waals surface area contributed by atoms with Crippen molar-refractivity contribution in [1.82, 2.24) is 14.3 Å². The molecule has 1 atom stereocenters. The van der Waals surface area contributed by atoms with Gasteiger partial charge in [0.15, 0.2) is 0 Å². The maximum absolute atomic E-state index is 13.7. The van der Waals surface area contributed by atoms with E-state index in [1.54, 1.807) is 35.0 Å². The summed E-state index contributed by atoms with van der Waals surface area (Å²) in [5, 5.41) is 5.82. The van der Waals surface area contributed by atoms with E-state index in [1.165, 1.54) is 24.1 Å². The van der Waals surface area contributed by atoms with Gasteiger partial charge in [0.05, 0.1) is 16.7 Å². The van der Waals surface area contributed by atoms with E-state index in [0.717, 1.165) is 0 Å². The summed E-state index contributed by atoms with van der Waals surface area (Å²) < 4.78 is 44.1. The number of nitrogens with zero attached hydrogens (tertiary/aromatic N) is 2. The largest absolute Gasteiger partial charge is 0.340 e. The Kier molecular flexibility index (Phi) is 6.31. The number of anilines is 2. The number of aromatic nitrogens is 2. The molecule has 3 aromatic rings. The van der Waals surface area contributed by atoms with Crippen LogP contribution in [-0.4, -0.2) is 31.7 Å². The molecule has 1 aliphatic rings. The molecule has 0 spiro atoms. The monoisotopic (exact) mass is 523 g/mol. The van der Waals surface area contributed by atoms with Gasteiger partial charge in [-0.25, -0.2) is 4.68 Å². The van der Waals surface area contributed by atoms with Gasteiger partial charge in [0.1, 0.15) is 16.6 Å². The maximum Gasteiger partial charge on any atom is 0.326 e. The van der Waals surface area contributed by atoms with Gasteiger partial charge in [0, 0.05) is 26.1 Å². The summed E-state index contributed by atoms with van der Waals surface area (Å²) in [5.74, 6) is -0.00798. The third-order valence-electron chi connectivity index (χ3n) is 5.62. The zero-order chi connectivity index (χ0) is 25.8. The average molecular weight is 524 g/mol. The second-order valence-corrected chi connectivity index (χ2v) is 13.7. The number of hydrogen-bond acceptors (Lipinski definition) is 8. The predicted octanol–water partition coefficient (Wildman–Crippen LogP) is 2.57. The molecule has 0 radical (unpaired) electrons. The van der Waals surface area contributed by atoms with Crippen molar-refractivity contribution < 1.29 is 18.2 Å². The minimum atomic E-state index is -3.78. The van der Waals surface area contributed by atoms with Crippen LogP contribution in [-0.2, 0) is 15.6 Å². The van der Waals surface area contributed by atoms with Crippen molar-refractivity contribution in [3.63, 3.8) is 0 Å². The highest BCUT2D eigenvalue weighted by molar-refractivity contribution is 8.24. The molecule has 5 N–H and O–H groups in total. The van der Waals surface area contributed by atoms with Crippen LogP contribution in [0.2, 0.25) is 0 Å². The van der Waals surface area contributed by atoms with Gasteiger partial charge in [-0.05, 0) is 42.2 Å². The molecular weight excluding hydrogens is 493 g/mol. The van der Waals surface area contributed by atoms with Crippen molar-refractivity contribution in [3.05, 3.63) is 62.3 Å². The Morgan fingerprint density at radius 2 is 1.91 bits per heavy atom. The molecule has 0 aliphatic carbocycles. The smallest absolute Gasteiger partial charge is 0.326 e. The number of aryl methyl sites for hydroxylation is 1. The Labute approximate surface area is 203 Å². The summed E-state index contributed by atoms with van der Waals surface area (Å²) in [4.78, 5) is 26.9. The molecule has 1 unspecified atom stereocenters. The summed E-state index contributed by atoms with van der Waals surface area (Å²) >= 11 is 0. The topological polar surface area (TPSA) is 146 Å². The van der Waals surface area contributed by atoms with E-state index in [1.807, 2.05) is 0 Å². The highest BCUT2D eigenvalue weighted by atomic mass is 32.3. The number of benzene rings is 1. The van der Waals surface area contributed by atoms with Gasteiger partial charge in [-0.2, -0.15) is 0 Å². The van der Waals surface area contributed by atoms with Crippen molar-refractivity contribution in [1.29, 1.82) is 0 Å². The highest BCUT2D eigenvalue weighted by Gasteiger charge is 2.35. The first kappa shape index (κ1) is 25.3. The van der Waals surface area contributed by atoms with E-state index >= 15 is 0 Å². The van der Waals surface area contributed by atoms with Crippen LogP contribution < -0.4 is 36.6 Å². The van der Waals surface area contributed by atoms with Crippen LogP contribution in [0.15, 0.2) is 46.1 Å². The van der Waals surface area contributed by atoms with Crippen LogP contribution in [0.25, 0.3) is 11.3 Å². The van der Waals surface area contributed by atoms with Crippen LogP contribution in [0.5, 0.6) is 0 Å². The predicted molar refractivity (Wildman–Crippen MR) is 140 cm³/mol. The third-order valence-corrected chi connectivity index (χ3v) is 8.28. The fraction of sp³-hybridized carbons (Fsp3) is 0.364. The zero-order valence-electron chi connectivity index (χ0n) is 20.2. The number of hydrogen-bond donors (Lipinski definition) is 5. The van der Waals surface area contributed by atoms with Crippen LogP contribution in [0.1, 0.15) is 27.2 Å². The normalized spacial score (nSPS) is 20.2. The Morgan fingerprint density at radius 1 is 1.20 bits per heavy atom. The molecule has 0 bridgehead atoms. The molecule has 35 heavy (non-hydrogen) atoms. The zero-order valence-corrected chi connectivity index (χ0v) is 21.9. The Balaban J connectivity index is 1.93. The van der Waals surface area contributed by atoms with Gasteiger partial charge >= 0.3 is 7.52 Å². The quantitative estimate of drug-likeness (QED) is 0.319. The van der Waals surface area contributed by atoms with Crippen molar-refractivity contribution in [2.75, 3.05) is 23.4 Å². The second-order valence-electron chi connectivity index (χ2n) is 9.69. The molecule has 0 amide bonds. The van der Waals surface area contributed by atoms with Crippen LogP contribution >= 0.6 is 18.3 Å². The third kappa shape index (κ3) is 4.98. The van der Waals surface area contributed by atoms with Gasteiger partial charge < -0.3 is 9.84 Å². The van der Waals surface area contributed by atoms with Gasteiger partial charge in [0.2, 0.25) is 5.43 Å². The first-order valence-electron chi connectivity index (χ1n) is 10.9. The summed E-state index contributed by atoms with van der Waals surface area (Å²) in [6, 6.07) is 7.91. The van der Waals surface area contributed by atoms with Gasteiger partial charge in [-0.3, -0.25) is 37.6 Å². The van der Waals surface area contributed by atoms with Crippen LogP contribution in [0.3, 0.4) is 0 Å². The molecule has 0 fully saturated rings. The molecule has 190 valence electrons. The lowest BCUT2D eigenvalue weighted by atomic mass is 9.92. The minimum absolute atomic E-state index is 0.00798. The molecule has 4 rings (SSSR count). The number of fused-ring (bicyclic) bond motifs is 2. The van der Waals surface area contributed by atoms with Crippen molar-refractivity contribution >= 4 is 46.3 Å². The molecule has 11 nitrogen and oxygen atoms in total.